The molecule has 1 aromatic heterocycles. The van der Waals surface area contributed by atoms with Crippen LogP contribution in [0.2, 0.25) is 0 Å². The van der Waals surface area contributed by atoms with E-state index in [0.29, 0.717) is 13.1 Å². The number of rotatable bonds is 8. The molecule has 0 unspecified atom stereocenters. The summed E-state index contributed by atoms with van der Waals surface area (Å²) in [5.41, 5.74) is 1.91. The Hall–Kier alpha value is -1.76. The third-order valence-electron chi connectivity index (χ3n) is 3.77. The monoisotopic (exact) mass is 333 g/mol. The Morgan fingerprint density at radius 3 is 2.30 bits per heavy atom. The van der Waals surface area contributed by atoms with E-state index in [4.69, 9.17) is 0 Å². The van der Waals surface area contributed by atoms with E-state index in [0.717, 1.165) is 24.2 Å². The molecule has 23 heavy (non-hydrogen) atoms. The van der Waals surface area contributed by atoms with Crippen LogP contribution in [0.1, 0.15) is 13.8 Å². The molecule has 0 atom stereocenters. The Morgan fingerprint density at radius 2 is 1.74 bits per heavy atom. The van der Waals surface area contributed by atoms with Crippen molar-refractivity contribution in [3.8, 4) is 11.1 Å². The lowest BCUT2D eigenvalue weighted by atomic mass is 10.1. The Kier molecular flexibility index (Phi) is 6.27. The lowest BCUT2D eigenvalue weighted by Crippen LogP contribution is -2.34. The molecule has 124 valence electrons. The van der Waals surface area contributed by atoms with Crippen molar-refractivity contribution in [1.29, 1.82) is 0 Å². The van der Waals surface area contributed by atoms with E-state index in [9.17, 15) is 8.42 Å². The van der Waals surface area contributed by atoms with Crippen LogP contribution in [0.4, 0.5) is 0 Å². The van der Waals surface area contributed by atoms with Crippen LogP contribution >= 0.6 is 0 Å². The first-order chi connectivity index (χ1) is 11.1. The molecule has 0 aliphatic heterocycles. The van der Waals surface area contributed by atoms with Crippen molar-refractivity contribution in [3.05, 3.63) is 48.8 Å². The second-order valence-electron chi connectivity index (χ2n) is 5.19. The summed E-state index contributed by atoms with van der Waals surface area (Å²) in [6, 6.07) is 10.7. The van der Waals surface area contributed by atoms with E-state index >= 15 is 0 Å². The molecule has 0 saturated heterocycles. The van der Waals surface area contributed by atoms with Gasteiger partial charge in [-0.15, -0.1) is 0 Å². The number of pyridine rings is 1. The van der Waals surface area contributed by atoms with Crippen LogP contribution < -0.4 is 4.72 Å². The van der Waals surface area contributed by atoms with Crippen molar-refractivity contribution in [3.63, 3.8) is 0 Å². The van der Waals surface area contributed by atoms with E-state index in [-0.39, 0.29) is 4.90 Å². The highest BCUT2D eigenvalue weighted by Crippen LogP contribution is 2.20. The van der Waals surface area contributed by atoms with Gasteiger partial charge < -0.3 is 4.90 Å². The number of hydrogen-bond acceptors (Lipinski definition) is 4. The smallest absolute Gasteiger partial charge is 0.240 e. The Morgan fingerprint density at radius 1 is 1.04 bits per heavy atom. The van der Waals surface area contributed by atoms with Crippen LogP contribution in [-0.2, 0) is 10.0 Å². The Labute approximate surface area is 138 Å². The van der Waals surface area contributed by atoms with Crippen LogP contribution in [-0.4, -0.2) is 44.5 Å². The van der Waals surface area contributed by atoms with Gasteiger partial charge in [0.1, 0.15) is 0 Å². The molecule has 6 heteroatoms. The Bertz CT molecular complexity index is 696. The first kappa shape index (κ1) is 17.6. The van der Waals surface area contributed by atoms with Gasteiger partial charge in [0.2, 0.25) is 10.0 Å². The molecule has 1 heterocycles. The van der Waals surface area contributed by atoms with Crippen LogP contribution in [0.25, 0.3) is 11.1 Å². The molecule has 0 fully saturated rings. The van der Waals surface area contributed by atoms with E-state index in [2.05, 4.69) is 28.5 Å². The maximum Gasteiger partial charge on any atom is 0.240 e. The maximum atomic E-state index is 12.3. The van der Waals surface area contributed by atoms with Crippen LogP contribution in [0.5, 0.6) is 0 Å². The van der Waals surface area contributed by atoms with Gasteiger partial charge in [0, 0.05) is 25.5 Å². The van der Waals surface area contributed by atoms with Gasteiger partial charge in [0.05, 0.1) is 4.90 Å². The predicted octanol–water partition coefficient (Wildman–Crippen LogP) is 2.37. The second-order valence-corrected chi connectivity index (χ2v) is 6.96. The number of aromatic nitrogens is 1. The van der Waals surface area contributed by atoms with Crippen molar-refractivity contribution in [2.75, 3.05) is 26.2 Å². The summed E-state index contributed by atoms with van der Waals surface area (Å²) in [6.07, 6.45) is 3.47. The van der Waals surface area contributed by atoms with Crippen LogP contribution in [0.15, 0.2) is 53.7 Å². The molecule has 2 aromatic rings. The van der Waals surface area contributed by atoms with Crippen LogP contribution in [0.3, 0.4) is 0 Å². The largest absolute Gasteiger partial charge is 0.303 e. The van der Waals surface area contributed by atoms with Crippen molar-refractivity contribution < 1.29 is 8.42 Å². The summed E-state index contributed by atoms with van der Waals surface area (Å²) >= 11 is 0. The molecule has 0 saturated carbocycles. The topological polar surface area (TPSA) is 62.3 Å². The van der Waals surface area contributed by atoms with E-state index in [1.54, 1.807) is 36.7 Å². The molecule has 0 bridgehead atoms. The van der Waals surface area contributed by atoms with E-state index in [1.807, 2.05) is 12.1 Å². The first-order valence-electron chi connectivity index (χ1n) is 7.79. The van der Waals surface area contributed by atoms with Gasteiger partial charge in [0.15, 0.2) is 0 Å². The van der Waals surface area contributed by atoms with Gasteiger partial charge in [0.25, 0.3) is 0 Å². The molecule has 2 rings (SSSR count). The number of sulfonamides is 1. The molecule has 0 spiro atoms. The van der Waals surface area contributed by atoms with Crippen LogP contribution in [0, 0.1) is 0 Å². The van der Waals surface area contributed by atoms with Gasteiger partial charge in [-0.05, 0) is 42.4 Å². The zero-order valence-electron chi connectivity index (χ0n) is 13.6. The van der Waals surface area contributed by atoms with Gasteiger partial charge in [-0.3, -0.25) is 4.98 Å². The summed E-state index contributed by atoms with van der Waals surface area (Å²) in [7, 11) is -3.46. The third-order valence-corrected chi connectivity index (χ3v) is 5.25. The van der Waals surface area contributed by atoms with E-state index < -0.39 is 10.0 Å². The fourth-order valence-corrected chi connectivity index (χ4v) is 3.34. The minimum absolute atomic E-state index is 0.282. The minimum atomic E-state index is -3.46. The molecule has 1 aromatic carbocycles. The zero-order valence-corrected chi connectivity index (χ0v) is 14.4. The highest BCUT2D eigenvalue weighted by atomic mass is 32.2. The summed E-state index contributed by atoms with van der Waals surface area (Å²) in [5.74, 6) is 0. The number of benzene rings is 1. The number of nitrogens with zero attached hydrogens (tertiary/aromatic N) is 2. The minimum Gasteiger partial charge on any atom is -0.303 e. The van der Waals surface area contributed by atoms with Gasteiger partial charge >= 0.3 is 0 Å². The maximum absolute atomic E-state index is 12.3. The average Bonchev–Trinajstić information content (AvgIpc) is 2.59. The normalized spacial score (nSPS) is 11.8. The summed E-state index contributed by atoms with van der Waals surface area (Å²) in [5, 5.41) is 0. The first-order valence-corrected chi connectivity index (χ1v) is 9.27. The number of hydrogen-bond donors (Lipinski definition) is 1. The highest BCUT2D eigenvalue weighted by Gasteiger charge is 2.13. The van der Waals surface area contributed by atoms with E-state index in [1.165, 1.54) is 0 Å². The summed E-state index contributed by atoms with van der Waals surface area (Å²) < 4.78 is 27.2. The highest BCUT2D eigenvalue weighted by molar-refractivity contribution is 7.89. The van der Waals surface area contributed by atoms with Gasteiger partial charge in [-0.25, -0.2) is 13.1 Å². The fourth-order valence-electron chi connectivity index (χ4n) is 2.32. The molecular formula is C17H23N3O2S. The van der Waals surface area contributed by atoms with Crippen molar-refractivity contribution in [2.24, 2.45) is 0 Å². The summed E-state index contributed by atoms with van der Waals surface area (Å²) in [4.78, 5) is 6.53. The van der Waals surface area contributed by atoms with Gasteiger partial charge in [-0.1, -0.05) is 32.0 Å². The lowest BCUT2D eigenvalue weighted by Gasteiger charge is -2.18. The molecule has 5 nitrogen and oxygen atoms in total. The summed E-state index contributed by atoms with van der Waals surface area (Å²) in [6.45, 7) is 7.08. The van der Waals surface area contributed by atoms with Crippen molar-refractivity contribution >= 4 is 10.0 Å². The SMILES string of the molecule is CCN(CC)CCNS(=O)(=O)c1ccc(-c2cccnc2)cc1. The molecule has 1 N–H and O–H groups in total. The third kappa shape index (κ3) is 4.86. The molecule has 0 aliphatic carbocycles. The van der Waals surface area contributed by atoms with Crippen molar-refractivity contribution in [1.82, 2.24) is 14.6 Å². The molecular weight excluding hydrogens is 310 g/mol. The molecule has 0 radical (unpaired) electrons. The number of likely N-dealkylation sites (N-methyl/N-ethyl adjacent to an activating group) is 1. The van der Waals surface area contributed by atoms with Gasteiger partial charge in [-0.2, -0.15) is 0 Å². The Balaban J connectivity index is 2.03. The average molecular weight is 333 g/mol. The second kappa shape index (κ2) is 8.19. The lowest BCUT2D eigenvalue weighted by molar-refractivity contribution is 0.309. The molecule has 0 aliphatic rings. The molecule has 0 amide bonds. The number of nitrogens with one attached hydrogen (secondary N) is 1. The fraction of sp³-hybridized carbons (Fsp3) is 0.353. The zero-order chi connectivity index (χ0) is 16.7. The predicted molar refractivity (Wildman–Crippen MR) is 92.6 cm³/mol. The standard InChI is InChI=1S/C17H23N3O2S/c1-3-20(4-2)13-12-19-23(21,22)17-9-7-15(8-10-17)16-6-5-11-18-14-16/h5-11,14,19H,3-4,12-13H2,1-2H3. The quantitative estimate of drug-likeness (QED) is 0.805. The van der Waals surface area contributed by atoms with Crippen molar-refractivity contribution in [2.45, 2.75) is 18.7 Å².